The Morgan fingerprint density at radius 3 is 2.52 bits per heavy atom. The molecule has 1 aromatic carbocycles. The fourth-order valence-electron chi connectivity index (χ4n) is 2.25. The highest BCUT2D eigenvalue weighted by Crippen LogP contribution is 2.09. The molecule has 0 bridgehead atoms. The van der Waals surface area contributed by atoms with Gasteiger partial charge in [-0.2, -0.15) is 0 Å². The van der Waals surface area contributed by atoms with Gasteiger partial charge >= 0.3 is 0 Å². The summed E-state index contributed by atoms with van der Waals surface area (Å²) < 4.78 is 0. The molecule has 4 heteroatoms. The van der Waals surface area contributed by atoms with Crippen LogP contribution in [0.1, 0.15) is 57.4 Å². The van der Waals surface area contributed by atoms with Crippen molar-refractivity contribution in [3.63, 3.8) is 0 Å². The molecule has 0 saturated heterocycles. The first-order valence-electron chi connectivity index (χ1n) is 9.08. The Hall–Kier alpha value is -1.81. The van der Waals surface area contributed by atoms with E-state index in [1.54, 1.807) is 5.41 Å². The zero-order chi connectivity index (χ0) is 18.2. The lowest BCUT2D eigenvalue weighted by Gasteiger charge is -2.02. The van der Waals surface area contributed by atoms with E-state index in [9.17, 15) is 9.59 Å². The van der Waals surface area contributed by atoms with E-state index in [1.165, 1.54) is 31.8 Å². The quantitative estimate of drug-likeness (QED) is 0.405. The summed E-state index contributed by atoms with van der Waals surface area (Å²) in [5, 5.41) is 4.43. The Morgan fingerprint density at radius 1 is 1.04 bits per heavy atom. The number of unbranched alkanes of at least 4 members (excludes halogenated alkanes) is 5. The Bertz CT molecular complexity index is 552. The van der Waals surface area contributed by atoms with Crippen LogP contribution in [0.15, 0.2) is 47.9 Å². The minimum Gasteiger partial charge on any atom is -0.353 e. The predicted octanol–water partition coefficient (Wildman–Crippen LogP) is 5.34. The Balaban J connectivity index is 2.08. The van der Waals surface area contributed by atoms with Crippen molar-refractivity contribution in [1.82, 2.24) is 5.32 Å². The van der Waals surface area contributed by atoms with Gasteiger partial charge in [-0.1, -0.05) is 93.3 Å². The van der Waals surface area contributed by atoms with Crippen LogP contribution in [0.25, 0.3) is 6.08 Å². The van der Waals surface area contributed by atoms with Gasteiger partial charge in [0, 0.05) is 19.0 Å². The zero-order valence-electron chi connectivity index (χ0n) is 15.1. The largest absolute Gasteiger partial charge is 0.353 e. The fourth-order valence-corrected chi connectivity index (χ4v) is 2.79. The van der Waals surface area contributed by atoms with Gasteiger partial charge in [-0.3, -0.25) is 9.59 Å². The van der Waals surface area contributed by atoms with Gasteiger partial charge in [-0.25, -0.2) is 0 Å². The average molecular weight is 360 g/mol. The molecule has 1 N–H and O–H groups in total. The van der Waals surface area contributed by atoms with E-state index in [0.717, 1.165) is 30.2 Å². The van der Waals surface area contributed by atoms with Gasteiger partial charge in [0.15, 0.2) is 5.12 Å². The van der Waals surface area contributed by atoms with E-state index in [2.05, 4.69) is 12.2 Å². The van der Waals surface area contributed by atoms with E-state index in [4.69, 9.17) is 0 Å². The van der Waals surface area contributed by atoms with Crippen LogP contribution in [0.2, 0.25) is 0 Å². The second-order valence-electron chi connectivity index (χ2n) is 5.87. The molecule has 0 fully saturated rings. The summed E-state index contributed by atoms with van der Waals surface area (Å²) in [5.74, 6) is -0.131. The van der Waals surface area contributed by atoms with Crippen LogP contribution in [0.3, 0.4) is 0 Å². The van der Waals surface area contributed by atoms with Gasteiger partial charge in [0.05, 0.1) is 0 Å². The van der Waals surface area contributed by atoms with E-state index in [-0.39, 0.29) is 11.0 Å². The van der Waals surface area contributed by atoms with Gasteiger partial charge < -0.3 is 5.32 Å². The minimum atomic E-state index is -0.131. The molecule has 0 unspecified atom stereocenters. The van der Waals surface area contributed by atoms with Crippen molar-refractivity contribution in [2.75, 3.05) is 6.54 Å². The number of nitrogens with one attached hydrogen (secondary N) is 1. The monoisotopic (exact) mass is 359 g/mol. The van der Waals surface area contributed by atoms with Crippen molar-refractivity contribution in [1.29, 1.82) is 0 Å². The highest BCUT2D eigenvalue weighted by molar-refractivity contribution is 8.16. The summed E-state index contributed by atoms with van der Waals surface area (Å²) in [7, 11) is 0. The molecule has 0 aliphatic heterocycles. The molecular weight excluding hydrogens is 330 g/mol. The van der Waals surface area contributed by atoms with Crippen molar-refractivity contribution in [2.45, 2.75) is 51.9 Å². The number of thioether (sulfide) groups is 1. The summed E-state index contributed by atoms with van der Waals surface area (Å²) >= 11 is 1.06. The second-order valence-corrected chi connectivity index (χ2v) is 6.83. The van der Waals surface area contributed by atoms with Crippen LogP contribution in [0, 0.1) is 0 Å². The summed E-state index contributed by atoms with van der Waals surface area (Å²) in [6, 6.07) is 9.86. The molecule has 25 heavy (non-hydrogen) atoms. The summed E-state index contributed by atoms with van der Waals surface area (Å²) in [5.41, 5.74) is 1.07. The first-order chi connectivity index (χ1) is 12.2. The number of benzene rings is 1. The van der Waals surface area contributed by atoms with Crippen molar-refractivity contribution < 1.29 is 9.59 Å². The average Bonchev–Trinajstić information content (AvgIpc) is 2.62. The van der Waals surface area contributed by atoms with Crippen LogP contribution < -0.4 is 5.32 Å². The Kier molecular flexibility index (Phi) is 12.3. The number of carbonyl (C=O) groups is 2. The normalized spacial score (nSPS) is 11.2. The summed E-state index contributed by atoms with van der Waals surface area (Å²) in [6.45, 7) is 2.91. The molecule has 0 atom stereocenters. The third-order valence-corrected chi connectivity index (χ3v) is 4.34. The van der Waals surface area contributed by atoms with Crippen LogP contribution in [-0.4, -0.2) is 17.6 Å². The molecule has 0 radical (unpaired) electrons. The number of hydrogen-bond donors (Lipinski definition) is 1. The van der Waals surface area contributed by atoms with Gasteiger partial charge in [-0.15, -0.1) is 0 Å². The standard InChI is InChI=1S/C21H29NO2S/c1-2-3-4-5-6-10-17-22-20(23)16-18-25-21(24)15-11-14-19-12-8-7-9-13-19/h7-9,11-14,16,18H,2-6,10,15,17H2,1H3,(H,22,23). The summed E-state index contributed by atoms with van der Waals surface area (Å²) in [4.78, 5) is 23.4. The van der Waals surface area contributed by atoms with Crippen LogP contribution in [-0.2, 0) is 9.59 Å². The molecule has 1 rings (SSSR count). The Morgan fingerprint density at radius 2 is 1.76 bits per heavy atom. The highest BCUT2D eigenvalue weighted by Gasteiger charge is 1.99. The van der Waals surface area contributed by atoms with Crippen LogP contribution in [0.4, 0.5) is 0 Å². The van der Waals surface area contributed by atoms with E-state index in [0.29, 0.717) is 13.0 Å². The van der Waals surface area contributed by atoms with E-state index < -0.39 is 0 Å². The van der Waals surface area contributed by atoms with Crippen LogP contribution in [0.5, 0.6) is 0 Å². The molecule has 0 heterocycles. The molecule has 136 valence electrons. The maximum Gasteiger partial charge on any atom is 0.244 e. The number of allylic oxidation sites excluding steroid dienone is 1. The third-order valence-electron chi connectivity index (χ3n) is 3.64. The third kappa shape index (κ3) is 12.2. The van der Waals surface area contributed by atoms with E-state index >= 15 is 0 Å². The van der Waals surface area contributed by atoms with Gasteiger partial charge in [0.1, 0.15) is 0 Å². The van der Waals surface area contributed by atoms with Crippen molar-refractivity contribution in [3.05, 3.63) is 53.5 Å². The summed E-state index contributed by atoms with van der Waals surface area (Å²) in [6.07, 6.45) is 12.8. The second kappa shape index (κ2) is 14.5. The number of hydrogen-bond acceptors (Lipinski definition) is 3. The number of carbonyl (C=O) groups excluding carboxylic acids is 2. The molecule has 3 nitrogen and oxygen atoms in total. The maximum absolute atomic E-state index is 11.7. The zero-order valence-corrected chi connectivity index (χ0v) is 15.9. The molecule has 0 aliphatic carbocycles. The lowest BCUT2D eigenvalue weighted by molar-refractivity contribution is -0.116. The van der Waals surface area contributed by atoms with E-state index in [1.807, 2.05) is 42.5 Å². The molecule has 1 aromatic rings. The Labute approximate surface area is 156 Å². The van der Waals surface area contributed by atoms with Crippen molar-refractivity contribution in [3.8, 4) is 0 Å². The van der Waals surface area contributed by atoms with Crippen molar-refractivity contribution in [2.24, 2.45) is 0 Å². The SMILES string of the molecule is CCCCCCCCNC(=O)C=CSC(=O)CC=Cc1ccccc1. The van der Waals surface area contributed by atoms with Gasteiger partial charge in [0.2, 0.25) is 5.91 Å². The topological polar surface area (TPSA) is 46.2 Å². The van der Waals surface area contributed by atoms with Crippen molar-refractivity contribution >= 4 is 28.9 Å². The molecule has 0 saturated carbocycles. The lowest BCUT2D eigenvalue weighted by atomic mass is 10.1. The number of rotatable bonds is 12. The van der Waals surface area contributed by atoms with Gasteiger partial charge in [0.25, 0.3) is 0 Å². The predicted molar refractivity (Wildman–Crippen MR) is 108 cm³/mol. The molecule has 1 amide bonds. The smallest absolute Gasteiger partial charge is 0.244 e. The van der Waals surface area contributed by atoms with Crippen LogP contribution >= 0.6 is 11.8 Å². The molecule has 0 aliphatic rings. The molecular formula is C21H29NO2S. The first-order valence-corrected chi connectivity index (χ1v) is 9.95. The maximum atomic E-state index is 11.7. The molecule has 0 aromatic heterocycles. The molecule has 0 spiro atoms. The highest BCUT2D eigenvalue weighted by atomic mass is 32.2. The minimum absolute atomic E-state index is 0.0205. The number of amides is 1. The van der Waals surface area contributed by atoms with Gasteiger partial charge in [-0.05, 0) is 17.4 Å². The first kappa shape index (κ1) is 21.2. The lowest BCUT2D eigenvalue weighted by Crippen LogP contribution is -2.21. The fraction of sp³-hybridized carbons (Fsp3) is 0.429.